The Morgan fingerprint density at radius 2 is 1.26 bits per heavy atom. The SMILES string of the molecule is Cc1[c-]c2c(cc1C(C)(C)C)-c1cc(C(C)(C)C)c(C)cc1C2.Cl.Cl.[C-]1=CC=CC1.[Zr+2]=[C](CC1CCCCC1)CC1CCCCC1. The summed E-state index contributed by atoms with van der Waals surface area (Å²) >= 11 is 1.75. The van der Waals surface area contributed by atoms with Crippen LogP contribution < -0.4 is 0 Å². The molecule has 0 bridgehead atoms. The molecule has 2 saturated carbocycles. The maximum atomic E-state index is 3.69. The number of benzene rings is 2. The number of rotatable bonds is 4. The summed E-state index contributed by atoms with van der Waals surface area (Å²) in [6, 6.07) is 10.9. The quantitative estimate of drug-likeness (QED) is 0.234. The molecule has 0 aliphatic heterocycles. The van der Waals surface area contributed by atoms with Crippen LogP contribution in [0.5, 0.6) is 0 Å². The van der Waals surface area contributed by atoms with Crippen molar-refractivity contribution in [3.8, 4) is 11.1 Å². The van der Waals surface area contributed by atoms with Crippen LogP contribution in [0, 0.1) is 37.8 Å². The van der Waals surface area contributed by atoms with Crippen LogP contribution >= 0.6 is 24.8 Å². The molecule has 252 valence electrons. The van der Waals surface area contributed by atoms with Gasteiger partial charge >= 0.3 is 116 Å². The van der Waals surface area contributed by atoms with E-state index in [-0.39, 0.29) is 35.6 Å². The van der Waals surface area contributed by atoms with Gasteiger partial charge in [0.05, 0.1) is 0 Å². The van der Waals surface area contributed by atoms with Gasteiger partial charge in [-0.1, -0.05) is 71.6 Å². The molecule has 0 heterocycles. The molecule has 0 amide bonds. The number of allylic oxidation sites excluding steroid dienone is 4. The summed E-state index contributed by atoms with van der Waals surface area (Å²) in [4.78, 5) is 0. The molecule has 0 N–H and O–H groups in total. The van der Waals surface area contributed by atoms with E-state index in [1.165, 1.54) is 122 Å². The van der Waals surface area contributed by atoms with Crippen molar-refractivity contribution in [2.45, 2.75) is 156 Å². The van der Waals surface area contributed by atoms with Gasteiger partial charge in [0.2, 0.25) is 0 Å². The number of hydrogen-bond acceptors (Lipinski definition) is 0. The molecule has 2 aromatic rings. The number of fused-ring (bicyclic) bond motifs is 3. The van der Waals surface area contributed by atoms with Crippen LogP contribution in [0.25, 0.3) is 11.1 Å². The van der Waals surface area contributed by atoms with Gasteiger partial charge in [0.1, 0.15) is 0 Å². The fourth-order valence-electron chi connectivity index (χ4n) is 7.93. The fourth-order valence-corrected chi connectivity index (χ4v) is 9.34. The van der Waals surface area contributed by atoms with Crippen molar-refractivity contribution in [1.29, 1.82) is 0 Å². The van der Waals surface area contributed by atoms with Crippen molar-refractivity contribution in [1.82, 2.24) is 0 Å². The van der Waals surface area contributed by atoms with Crippen LogP contribution in [-0.4, -0.2) is 3.21 Å². The van der Waals surface area contributed by atoms with Gasteiger partial charge < -0.3 is 0 Å². The zero-order valence-corrected chi connectivity index (χ0v) is 34.4. The van der Waals surface area contributed by atoms with Crippen molar-refractivity contribution >= 4 is 28.0 Å². The molecule has 0 nitrogen and oxygen atoms in total. The molecule has 4 aliphatic rings. The average molecular weight is 741 g/mol. The summed E-state index contributed by atoms with van der Waals surface area (Å²) in [5.74, 6) is 2.15. The normalized spacial score (nSPS) is 17.4. The standard InChI is InChI=1S/C23H29.C15H26.C5H5.2ClH.Zr/c1-14-9-16-11-17-10-15(2)21(23(6,7)8)13-19(17)18(16)12-20(14)22(3,4)5;1-3-8-14(9-4-1)12-7-13-15-10-5-2-6-11-15;1-2-4-5-3-1;;;/h9,12-13H,11H2,1-8H3;14-15H,1-6,8-13H2;1-3H,4H2;2*1H;/q-1;;-1;;;+2. The number of hydrogen-bond donors (Lipinski definition) is 0. The molecule has 2 fully saturated rings. The van der Waals surface area contributed by atoms with E-state index in [1.807, 2.05) is 15.4 Å². The van der Waals surface area contributed by atoms with Crippen molar-refractivity contribution in [2.24, 2.45) is 11.8 Å². The van der Waals surface area contributed by atoms with E-state index in [4.69, 9.17) is 0 Å². The molecule has 46 heavy (non-hydrogen) atoms. The molecule has 0 unspecified atom stereocenters. The van der Waals surface area contributed by atoms with Gasteiger partial charge in [-0.05, 0) is 35.4 Å². The van der Waals surface area contributed by atoms with Gasteiger partial charge in [-0.3, -0.25) is 6.08 Å². The van der Waals surface area contributed by atoms with Crippen molar-refractivity contribution in [3.63, 3.8) is 0 Å². The van der Waals surface area contributed by atoms with Crippen LogP contribution in [0.15, 0.2) is 36.4 Å². The van der Waals surface area contributed by atoms with Gasteiger partial charge in [-0.2, -0.15) is 23.8 Å². The Morgan fingerprint density at radius 1 is 0.739 bits per heavy atom. The summed E-state index contributed by atoms with van der Waals surface area (Å²) in [6.07, 6.45) is 29.2. The molecule has 0 atom stereocenters. The first-order chi connectivity index (χ1) is 20.8. The van der Waals surface area contributed by atoms with E-state index in [2.05, 4.69) is 91.8 Å². The molecule has 0 spiro atoms. The van der Waals surface area contributed by atoms with Gasteiger partial charge in [0.25, 0.3) is 0 Å². The Labute approximate surface area is 311 Å². The average Bonchev–Trinajstić information content (AvgIpc) is 3.64. The van der Waals surface area contributed by atoms with E-state index in [1.54, 1.807) is 24.2 Å². The van der Waals surface area contributed by atoms with Gasteiger partial charge in [0.15, 0.2) is 0 Å². The summed E-state index contributed by atoms with van der Waals surface area (Å²) < 4.78 is 1.91. The molecule has 0 aromatic heterocycles. The third kappa shape index (κ3) is 12.0. The van der Waals surface area contributed by atoms with Gasteiger partial charge in [0, 0.05) is 0 Å². The van der Waals surface area contributed by atoms with Gasteiger partial charge in [-0.25, -0.2) is 12.2 Å². The molecule has 2 aromatic carbocycles. The molecule has 4 aliphatic carbocycles. The Balaban J connectivity index is 0.000000278. The first kappa shape index (κ1) is 41.4. The van der Waals surface area contributed by atoms with Crippen molar-refractivity contribution < 1.29 is 24.2 Å². The van der Waals surface area contributed by atoms with Crippen LogP contribution in [-0.2, 0) is 41.5 Å². The number of halogens is 2. The Kier molecular flexibility index (Phi) is 17.0. The first-order valence-corrected chi connectivity index (χ1v) is 19.0. The van der Waals surface area contributed by atoms with Crippen LogP contribution in [0.4, 0.5) is 0 Å². The summed E-state index contributed by atoms with van der Waals surface area (Å²) in [7, 11) is 0. The third-order valence-corrected chi connectivity index (χ3v) is 11.2. The Hall–Kier alpha value is -0.747. The van der Waals surface area contributed by atoms with Crippen LogP contribution in [0.2, 0.25) is 0 Å². The first-order valence-electron chi connectivity index (χ1n) is 17.8. The minimum atomic E-state index is 0. The van der Waals surface area contributed by atoms with Crippen molar-refractivity contribution in [3.05, 3.63) is 82.0 Å². The monoisotopic (exact) mass is 738 g/mol. The zero-order valence-electron chi connectivity index (χ0n) is 30.3. The second-order valence-electron chi connectivity index (χ2n) is 16.2. The van der Waals surface area contributed by atoms with E-state index >= 15 is 0 Å². The molecular weight excluding hydrogens is 679 g/mol. The van der Waals surface area contributed by atoms with E-state index in [0.717, 1.165) is 24.7 Å². The van der Waals surface area contributed by atoms with Gasteiger partial charge in [-0.15, -0.1) is 47.9 Å². The summed E-state index contributed by atoms with van der Waals surface area (Å²) in [6.45, 7) is 18.2. The maximum absolute atomic E-state index is 3.69. The second-order valence-corrected chi connectivity index (χ2v) is 18.0. The van der Waals surface area contributed by atoms with Crippen LogP contribution in [0.1, 0.15) is 158 Å². The minimum absolute atomic E-state index is 0. The molecule has 3 heteroatoms. The van der Waals surface area contributed by atoms with Crippen LogP contribution in [0.3, 0.4) is 0 Å². The second kappa shape index (κ2) is 18.9. The Morgan fingerprint density at radius 3 is 1.70 bits per heavy atom. The van der Waals surface area contributed by atoms with E-state index in [0.29, 0.717) is 0 Å². The fraction of sp³-hybridized carbons (Fsp3) is 0.605. The van der Waals surface area contributed by atoms with E-state index < -0.39 is 0 Å². The summed E-state index contributed by atoms with van der Waals surface area (Å²) in [5, 5.41) is 0. The van der Waals surface area contributed by atoms with Crippen molar-refractivity contribution in [2.75, 3.05) is 0 Å². The summed E-state index contributed by atoms with van der Waals surface area (Å²) in [5.41, 5.74) is 11.6. The topological polar surface area (TPSA) is 0 Å². The predicted molar refractivity (Wildman–Crippen MR) is 204 cm³/mol. The molecule has 0 saturated heterocycles. The number of aryl methyl sites for hydroxylation is 2. The molecular formula is C43H62Cl2Zr. The third-order valence-electron chi connectivity index (χ3n) is 10.2. The predicted octanol–water partition coefficient (Wildman–Crippen LogP) is 13.1. The van der Waals surface area contributed by atoms with E-state index in [9.17, 15) is 0 Å². The Bertz CT molecular complexity index is 1220. The molecule has 0 radical (unpaired) electrons. The zero-order chi connectivity index (χ0) is 31.9. The molecule has 6 rings (SSSR count).